The van der Waals surface area contributed by atoms with Crippen LogP contribution >= 0.6 is 0 Å². The zero-order chi connectivity index (χ0) is 14.4. The van der Waals surface area contributed by atoms with Crippen LogP contribution in [0.3, 0.4) is 0 Å². The van der Waals surface area contributed by atoms with Crippen molar-refractivity contribution in [2.45, 2.75) is 44.8 Å². The second-order valence-corrected chi connectivity index (χ2v) is 5.29. The predicted molar refractivity (Wildman–Crippen MR) is 79.4 cm³/mol. The Labute approximate surface area is 121 Å². The summed E-state index contributed by atoms with van der Waals surface area (Å²) in [6.45, 7) is 3.56. The highest BCUT2D eigenvalue weighted by Gasteiger charge is 2.17. The van der Waals surface area contributed by atoms with Crippen LogP contribution in [0.2, 0.25) is 0 Å². The maximum Gasteiger partial charge on any atom is 0.122 e. The monoisotopic (exact) mass is 279 g/mol. The maximum atomic E-state index is 6.06. The molecule has 1 saturated heterocycles. The molecule has 1 heterocycles. The van der Waals surface area contributed by atoms with Gasteiger partial charge in [-0.05, 0) is 49.4 Å². The van der Waals surface area contributed by atoms with E-state index in [0.717, 1.165) is 49.4 Å². The normalized spacial score (nSPS) is 19.9. The van der Waals surface area contributed by atoms with Crippen LogP contribution in [0.4, 0.5) is 0 Å². The third kappa shape index (κ3) is 4.12. The van der Waals surface area contributed by atoms with Crippen LogP contribution in [0.1, 0.15) is 31.7 Å². The third-order valence-corrected chi connectivity index (χ3v) is 3.72. The predicted octanol–water partition coefficient (Wildman–Crippen LogP) is 2.53. The third-order valence-electron chi connectivity index (χ3n) is 3.72. The highest BCUT2D eigenvalue weighted by molar-refractivity contribution is 5.40. The van der Waals surface area contributed by atoms with E-state index >= 15 is 0 Å². The molecule has 2 N–H and O–H groups in total. The number of rotatable bonds is 7. The smallest absolute Gasteiger partial charge is 0.122 e. The molecule has 1 aliphatic heterocycles. The van der Waals surface area contributed by atoms with Gasteiger partial charge in [-0.2, -0.15) is 0 Å². The molecule has 0 aromatic heterocycles. The molecule has 20 heavy (non-hydrogen) atoms. The summed E-state index contributed by atoms with van der Waals surface area (Å²) < 4.78 is 16.8. The van der Waals surface area contributed by atoms with Gasteiger partial charge in [-0.1, -0.05) is 6.92 Å². The minimum absolute atomic E-state index is 0.146. The average molecular weight is 279 g/mol. The lowest BCUT2D eigenvalue weighted by Gasteiger charge is -2.17. The van der Waals surface area contributed by atoms with Gasteiger partial charge in [0, 0.05) is 12.6 Å². The lowest BCUT2D eigenvalue weighted by molar-refractivity contribution is 0.0676. The molecule has 4 heteroatoms. The first kappa shape index (κ1) is 15.1. The number of methoxy groups -OCH3 is 1. The summed E-state index contributed by atoms with van der Waals surface area (Å²) in [5.74, 6) is 1.73. The largest absolute Gasteiger partial charge is 0.497 e. The highest BCUT2D eigenvalue weighted by atomic mass is 16.5. The van der Waals surface area contributed by atoms with Gasteiger partial charge in [-0.15, -0.1) is 0 Å². The van der Waals surface area contributed by atoms with E-state index in [1.165, 1.54) is 0 Å². The van der Waals surface area contributed by atoms with Crippen molar-refractivity contribution < 1.29 is 14.2 Å². The molecule has 0 spiro atoms. The molecule has 0 radical (unpaired) electrons. The summed E-state index contributed by atoms with van der Waals surface area (Å²) in [6, 6.07) is 6.05. The van der Waals surface area contributed by atoms with Crippen molar-refractivity contribution in [2.24, 2.45) is 5.73 Å². The Hall–Kier alpha value is -1.26. The van der Waals surface area contributed by atoms with E-state index in [-0.39, 0.29) is 12.1 Å². The topological polar surface area (TPSA) is 53.7 Å². The number of benzene rings is 1. The fourth-order valence-electron chi connectivity index (χ4n) is 2.37. The van der Waals surface area contributed by atoms with Crippen LogP contribution in [0.5, 0.6) is 11.5 Å². The van der Waals surface area contributed by atoms with Crippen LogP contribution in [-0.4, -0.2) is 32.5 Å². The molecule has 1 aromatic carbocycles. The number of hydrogen-bond donors (Lipinski definition) is 1. The first-order valence-electron chi connectivity index (χ1n) is 7.39. The van der Waals surface area contributed by atoms with E-state index in [1.54, 1.807) is 7.11 Å². The number of nitrogens with two attached hydrogens (primary N) is 1. The quantitative estimate of drug-likeness (QED) is 0.833. The van der Waals surface area contributed by atoms with Crippen LogP contribution in [-0.2, 0) is 11.2 Å². The average Bonchev–Trinajstić information content (AvgIpc) is 2.99. The minimum Gasteiger partial charge on any atom is -0.497 e. The van der Waals surface area contributed by atoms with Gasteiger partial charge in [0.25, 0.3) is 0 Å². The van der Waals surface area contributed by atoms with E-state index in [9.17, 15) is 0 Å². The highest BCUT2D eigenvalue weighted by Crippen LogP contribution is 2.26. The molecule has 0 amide bonds. The van der Waals surface area contributed by atoms with E-state index in [0.29, 0.717) is 6.61 Å². The van der Waals surface area contributed by atoms with Gasteiger partial charge in [0.1, 0.15) is 18.1 Å². The van der Waals surface area contributed by atoms with Crippen LogP contribution in [0, 0.1) is 0 Å². The van der Waals surface area contributed by atoms with Crippen LogP contribution in [0.15, 0.2) is 18.2 Å². The van der Waals surface area contributed by atoms with E-state index in [4.69, 9.17) is 19.9 Å². The Morgan fingerprint density at radius 3 is 2.95 bits per heavy atom. The molecular weight excluding hydrogens is 254 g/mol. The molecule has 1 aromatic rings. The molecule has 1 fully saturated rings. The van der Waals surface area contributed by atoms with Crippen molar-refractivity contribution in [3.63, 3.8) is 0 Å². The van der Waals surface area contributed by atoms with E-state index in [2.05, 4.69) is 6.92 Å². The second-order valence-electron chi connectivity index (χ2n) is 5.29. The number of ether oxygens (including phenoxy) is 3. The Balaban J connectivity index is 2.04. The lowest BCUT2D eigenvalue weighted by atomic mass is 10.0. The van der Waals surface area contributed by atoms with E-state index in [1.807, 2.05) is 18.2 Å². The zero-order valence-corrected chi connectivity index (χ0v) is 12.4. The second kappa shape index (κ2) is 7.50. The summed E-state index contributed by atoms with van der Waals surface area (Å²) in [5, 5.41) is 0. The molecule has 112 valence electrons. The van der Waals surface area contributed by atoms with Gasteiger partial charge in [0.2, 0.25) is 0 Å². The summed E-state index contributed by atoms with van der Waals surface area (Å²) in [5.41, 5.74) is 7.17. The van der Waals surface area contributed by atoms with E-state index < -0.39 is 0 Å². The van der Waals surface area contributed by atoms with Gasteiger partial charge in [0.15, 0.2) is 0 Å². The van der Waals surface area contributed by atoms with Crippen molar-refractivity contribution >= 4 is 0 Å². The first-order chi connectivity index (χ1) is 9.72. The van der Waals surface area contributed by atoms with Crippen LogP contribution in [0.25, 0.3) is 0 Å². The van der Waals surface area contributed by atoms with Crippen molar-refractivity contribution in [1.29, 1.82) is 0 Å². The summed E-state index contributed by atoms with van der Waals surface area (Å²) in [7, 11) is 1.67. The molecule has 2 unspecified atom stereocenters. The molecular formula is C16H25NO3. The van der Waals surface area contributed by atoms with Gasteiger partial charge in [-0.3, -0.25) is 0 Å². The zero-order valence-electron chi connectivity index (χ0n) is 12.4. The van der Waals surface area contributed by atoms with Crippen LogP contribution < -0.4 is 15.2 Å². The Morgan fingerprint density at radius 1 is 1.45 bits per heavy atom. The Bertz CT molecular complexity index is 416. The lowest BCUT2D eigenvalue weighted by Crippen LogP contribution is -2.22. The Morgan fingerprint density at radius 2 is 2.30 bits per heavy atom. The molecule has 4 nitrogen and oxygen atoms in total. The summed E-state index contributed by atoms with van der Waals surface area (Å²) in [4.78, 5) is 0. The SMILES string of the molecule is CCC(N)Cc1cc(OC)ccc1OCC1CCCO1. The summed E-state index contributed by atoms with van der Waals surface area (Å²) in [6.07, 6.45) is 4.19. The van der Waals surface area contributed by atoms with Gasteiger partial charge < -0.3 is 19.9 Å². The molecule has 2 atom stereocenters. The Kier molecular flexibility index (Phi) is 5.68. The molecule has 0 bridgehead atoms. The standard InChI is InChI=1S/C16H25NO3/c1-3-13(17)9-12-10-14(18-2)6-7-16(12)20-11-15-5-4-8-19-15/h6-7,10,13,15H,3-5,8-9,11,17H2,1-2H3. The maximum absolute atomic E-state index is 6.06. The molecule has 1 aliphatic rings. The molecule has 0 aliphatic carbocycles. The van der Waals surface area contributed by atoms with Crippen molar-refractivity contribution in [1.82, 2.24) is 0 Å². The number of hydrogen-bond acceptors (Lipinski definition) is 4. The molecule has 0 saturated carbocycles. The van der Waals surface area contributed by atoms with Gasteiger partial charge in [-0.25, -0.2) is 0 Å². The fraction of sp³-hybridized carbons (Fsp3) is 0.625. The van der Waals surface area contributed by atoms with Gasteiger partial charge in [0.05, 0.1) is 13.2 Å². The van der Waals surface area contributed by atoms with Crippen molar-refractivity contribution in [3.05, 3.63) is 23.8 Å². The van der Waals surface area contributed by atoms with Gasteiger partial charge >= 0.3 is 0 Å². The first-order valence-corrected chi connectivity index (χ1v) is 7.39. The summed E-state index contributed by atoms with van der Waals surface area (Å²) >= 11 is 0. The fourth-order valence-corrected chi connectivity index (χ4v) is 2.37. The molecule has 2 rings (SSSR count). The van der Waals surface area contributed by atoms with Crippen molar-refractivity contribution in [2.75, 3.05) is 20.3 Å². The van der Waals surface area contributed by atoms with Crippen molar-refractivity contribution in [3.8, 4) is 11.5 Å². The minimum atomic E-state index is 0.146.